The van der Waals surface area contributed by atoms with Gasteiger partial charge in [-0.15, -0.1) is 0 Å². The molecule has 0 aromatic heterocycles. The molecule has 4 nitrogen and oxygen atoms in total. The Bertz CT molecular complexity index is 829. The lowest BCUT2D eigenvalue weighted by Crippen LogP contribution is -2.21. The highest BCUT2D eigenvalue weighted by molar-refractivity contribution is 9.10. The van der Waals surface area contributed by atoms with E-state index in [9.17, 15) is 4.79 Å². The fourth-order valence-corrected chi connectivity index (χ4v) is 4.19. The Balaban J connectivity index is 2.04. The van der Waals surface area contributed by atoms with E-state index in [1.807, 2.05) is 27.1 Å². The van der Waals surface area contributed by atoms with E-state index in [1.165, 1.54) is 5.56 Å². The molecule has 5 heteroatoms. The lowest BCUT2D eigenvalue weighted by molar-refractivity contribution is 0.0999. The second-order valence-electron chi connectivity index (χ2n) is 7.22. The minimum atomic E-state index is -0.412. The summed E-state index contributed by atoms with van der Waals surface area (Å²) in [7, 11) is 4.01. The number of nitrogens with zero attached hydrogens (tertiary/aromatic N) is 1. The molecule has 1 aliphatic rings. The van der Waals surface area contributed by atoms with Crippen molar-refractivity contribution in [1.82, 2.24) is 4.90 Å². The monoisotopic (exact) mass is 416 g/mol. The first-order valence-corrected chi connectivity index (χ1v) is 9.62. The van der Waals surface area contributed by atoms with Crippen LogP contribution in [0.4, 0.5) is 0 Å². The van der Waals surface area contributed by atoms with Crippen molar-refractivity contribution < 1.29 is 9.53 Å². The number of ether oxygens (including phenoxy) is 1. The van der Waals surface area contributed by atoms with Crippen molar-refractivity contribution in [3.05, 3.63) is 63.1 Å². The molecule has 2 N–H and O–H groups in total. The predicted molar refractivity (Wildman–Crippen MR) is 108 cm³/mol. The van der Waals surface area contributed by atoms with Gasteiger partial charge in [-0.1, -0.05) is 34.1 Å². The Labute approximate surface area is 163 Å². The van der Waals surface area contributed by atoms with Gasteiger partial charge in [0.1, 0.15) is 12.4 Å². The maximum Gasteiger partial charge on any atom is 0.249 e. The second-order valence-corrected chi connectivity index (χ2v) is 8.08. The summed E-state index contributed by atoms with van der Waals surface area (Å²) in [4.78, 5) is 14.1. The standard InChI is InChI=1S/C21H25BrN2O2/c1-14-16(20(23)25)12-15(26-11-10-24(2)3)13-18(14)21(8-9-21)17-6-4-5-7-19(17)22/h4-7,12-13H,8-11H2,1-3H3,(H2,23,25). The largest absolute Gasteiger partial charge is 0.492 e. The topological polar surface area (TPSA) is 55.6 Å². The number of likely N-dealkylation sites (N-methyl/N-ethyl adjacent to an activating group) is 1. The fraction of sp³-hybridized carbons (Fsp3) is 0.381. The van der Waals surface area contributed by atoms with Crippen molar-refractivity contribution in [2.24, 2.45) is 5.73 Å². The second kappa shape index (κ2) is 7.41. The van der Waals surface area contributed by atoms with Gasteiger partial charge < -0.3 is 15.4 Å². The number of primary amides is 1. The lowest BCUT2D eigenvalue weighted by Gasteiger charge is -2.23. The van der Waals surface area contributed by atoms with Gasteiger partial charge in [-0.2, -0.15) is 0 Å². The summed E-state index contributed by atoms with van der Waals surface area (Å²) in [6.45, 7) is 3.36. The minimum absolute atomic E-state index is 0.0741. The molecule has 0 radical (unpaired) electrons. The van der Waals surface area contributed by atoms with Crippen LogP contribution < -0.4 is 10.5 Å². The Morgan fingerprint density at radius 1 is 1.23 bits per heavy atom. The van der Waals surface area contributed by atoms with E-state index in [4.69, 9.17) is 10.5 Å². The zero-order chi connectivity index (χ0) is 18.9. The third-order valence-electron chi connectivity index (χ3n) is 5.11. The highest BCUT2D eigenvalue weighted by Gasteiger charge is 2.48. The van der Waals surface area contributed by atoms with E-state index in [0.717, 1.165) is 35.0 Å². The van der Waals surface area contributed by atoms with Gasteiger partial charge >= 0.3 is 0 Å². The number of carbonyl (C=O) groups excluding carboxylic acids is 1. The molecule has 0 saturated heterocycles. The Morgan fingerprint density at radius 2 is 1.92 bits per heavy atom. The summed E-state index contributed by atoms with van der Waals surface area (Å²) >= 11 is 3.69. The quantitative estimate of drug-likeness (QED) is 0.744. The molecule has 1 fully saturated rings. The van der Waals surface area contributed by atoms with Gasteiger partial charge in [-0.3, -0.25) is 4.79 Å². The third-order valence-corrected chi connectivity index (χ3v) is 5.80. The van der Waals surface area contributed by atoms with Crippen LogP contribution in [0.5, 0.6) is 5.75 Å². The molecule has 1 saturated carbocycles. The van der Waals surface area contributed by atoms with Gasteiger partial charge in [0, 0.05) is 22.0 Å². The van der Waals surface area contributed by atoms with E-state index in [0.29, 0.717) is 17.9 Å². The molecule has 0 heterocycles. The van der Waals surface area contributed by atoms with Crippen molar-refractivity contribution in [2.75, 3.05) is 27.2 Å². The van der Waals surface area contributed by atoms with E-state index in [1.54, 1.807) is 6.07 Å². The zero-order valence-corrected chi connectivity index (χ0v) is 17.1. The number of halogens is 1. The number of hydrogen-bond acceptors (Lipinski definition) is 3. The van der Waals surface area contributed by atoms with Gasteiger partial charge in [0.2, 0.25) is 5.91 Å². The number of amides is 1. The highest BCUT2D eigenvalue weighted by Crippen LogP contribution is 2.56. The van der Waals surface area contributed by atoms with Crippen LogP contribution in [-0.4, -0.2) is 38.1 Å². The van der Waals surface area contributed by atoms with E-state index in [2.05, 4.69) is 45.1 Å². The first kappa shape index (κ1) is 18.9. The lowest BCUT2D eigenvalue weighted by atomic mass is 9.83. The number of carbonyl (C=O) groups is 1. The molecule has 2 aromatic carbocycles. The van der Waals surface area contributed by atoms with Gasteiger partial charge in [0.05, 0.1) is 0 Å². The molecular formula is C21H25BrN2O2. The number of hydrogen-bond donors (Lipinski definition) is 1. The van der Waals surface area contributed by atoms with Gasteiger partial charge in [-0.25, -0.2) is 0 Å². The van der Waals surface area contributed by atoms with E-state index < -0.39 is 5.91 Å². The van der Waals surface area contributed by atoms with Crippen LogP contribution in [0.3, 0.4) is 0 Å². The number of nitrogens with two attached hydrogens (primary N) is 1. The molecule has 0 spiro atoms. The van der Waals surface area contributed by atoms with Gasteiger partial charge in [0.25, 0.3) is 0 Å². The number of benzene rings is 2. The first-order chi connectivity index (χ1) is 12.3. The van der Waals surface area contributed by atoms with E-state index in [-0.39, 0.29) is 5.41 Å². The fourth-order valence-electron chi connectivity index (χ4n) is 3.53. The molecule has 138 valence electrons. The maximum absolute atomic E-state index is 12.0. The summed E-state index contributed by atoms with van der Waals surface area (Å²) in [5.74, 6) is 0.296. The SMILES string of the molecule is Cc1c(C(N)=O)cc(OCCN(C)C)cc1C1(c2ccccc2Br)CC1. The van der Waals surface area contributed by atoms with Crippen molar-refractivity contribution in [3.8, 4) is 5.75 Å². The van der Waals surface area contributed by atoms with Crippen LogP contribution in [0.1, 0.15) is 39.9 Å². The summed E-state index contributed by atoms with van der Waals surface area (Å²) in [6.07, 6.45) is 2.10. The van der Waals surface area contributed by atoms with Crippen molar-refractivity contribution in [3.63, 3.8) is 0 Å². The molecule has 26 heavy (non-hydrogen) atoms. The molecule has 0 bridgehead atoms. The Kier molecular flexibility index (Phi) is 5.39. The maximum atomic E-state index is 12.0. The highest BCUT2D eigenvalue weighted by atomic mass is 79.9. The van der Waals surface area contributed by atoms with Crippen LogP contribution in [0.25, 0.3) is 0 Å². The summed E-state index contributed by atoms with van der Waals surface area (Å²) in [5.41, 5.74) is 9.46. The van der Waals surface area contributed by atoms with Gasteiger partial charge in [-0.05, 0) is 68.8 Å². The molecule has 1 amide bonds. The molecule has 3 rings (SSSR count). The molecule has 0 unspecified atom stereocenters. The minimum Gasteiger partial charge on any atom is -0.492 e. The van der Waals surface area contributed by atoms with Crippen molar-refractivity contribution in [2.45, 2.75) is 25.2 Å². The third kappa shape index (κ3) is 3.64. The van der Waals surface area contributed by atoms with Crippen molar-refractivity contribution >= 4 is 21.8 Å². The Hall–Kier alpha value is -1.85. The molecule has 1 aliphatic carbocycles. The van der Waals surface area contributed by atoms with Crippen LogP contribution in [0, 0.1) is 6.92 Å². The number of rotatable bonds is 7. The normalized spacial score (nSPS) is 15.1. The van der Waals surface area contributed by atoms with E-state index >= 15 is 0 Å². The smallest absolute Gasteiger partial charge is 0.249 e. The average Bonchev–Trinajstić information content (AvgIpc) is 3.37. The first-order valence-electron chi connectivity index (χ1n) is 8.82. The average molecular weight is 417 g/mol. The zero-order valence-electron chi connectivity index (χ0n) is 15.5. The molecular weight excluding hydrogens is 392 g/mol. The molecule has 0 atom stereocenters. The molecule has 2 aromatic rings. The van der Waals surface area contributed by atoms with Gasteiger partial charge in [0.15, 0.2) is 0 Å². The molecule has 0 aliphatic heterocycles. The van der Waals surface area contributed by atoms with Crippen LogP contribution in [-0.2, 0) is 5.41 Å². The van der Waals surface area contributed by atoms with Crippen LogP contribution in [0.2, 0.25) is 0 Å². The summed E-state index contributed by atoms with van der Waals surface area (Å²) < 4.78 is 7.03. The summed E-state index contributed by atoms with van der Waals surface area (Å²) in [5, 5.41) is 0. The predicted octanol–water partition coefficient (Wildman–Crippen LogP) is 3.88. The van der Waals surface area contributed by atoms with Crippen molar-refractivity contribution in [1.29, 1.82) is 0 Å². The Morgan fingerprint density at radius 3 is 2.50 bits per heavy atom. The summed E-state index contributed by atoms with van der Waals surface area (Å²) in [6, 6.07) is 12.2. The van der Waals surface area contributed by atoms with Crippen LogP contribution in [0.15, 0.2) is 40.9 Å². The van der Waals surface area contributed by atoms with Crippen LogP contribution >= 0.6 is 15.9 Å².